The van der Waals surface area contributed by atoms with Gasteiger partial charge in [-0.2, -0.15) is 0 Å². The highest BCUT2D eigenvalue weighted by atomic mass is 16.5. The van der Waals surface area contributed by atoms with Crippen molar-refractivity contribution in [2.45, 2.75) is 0 Å². The number of rotatable bonds is 1. The second-order valence-electron chi connectivity index (χ2n) is 4.89. The molecule has 1 N–H and O–H groups in total. The smallest absolute Gasteiger partial charge is 0.340 e. The van der Waals surface area contributed by atoms with Gasteiger partial charge in [0.25, 0.3) is 0 Å². The quantitative estimate of drug-likeness (QED) is 0.540. The number of pyridine rings is 1. The largest absolute Gasteiger partial charge is 0.465 e. The maximum atomic E-state index is 12.2. The van der Waals surface area contributed by atoms with Crippen molar-refractivity contribution in [3.05, 3.63) is 54.1 Å². The van der Waals surface area contributed by atoms with E-state index >= 15 is 0 Å². The Hall–Kier alpha value is -2.88. The van der Waals surface area contributed by atoms with Crippen molar-refractivity contribution in [1.82, 2.24) is 9.97 Å². The summed E-state index contributed by atoms with van der Waals surface area (Å²) in [6, 6.07) is 15.5. The number of carbonyl (C=O) groups is 1. The topological polar surface area (TPSA) is 55.0 Å². The predicted octanol–water partition coefficient (Wildman–Crippen LogP) is 3.66. The molecule has 0 aliphatic rings. The Morgan fingerprint density at radius 3 is 2.57 bits per heavy atom. The number of aromatic nitrogens is 2. The standard InChI is InChI=1S/C17H12N2O2/c1-21-17(20)14-10-6-2-4-8-12(10)18-15-11-7-3-5-9-13(11)19-16(14)15/h2-9,19H,1H3. The van der Waals surface area contributed by atoms with Crippen LogP contribution in [-0.2, 0) is 4.74 Å². The first kappa shape index (κ1) is 11.9. The molecule has 2 aromatic heterocycles. The number of carbonyl (C=O) groups excluding carboxylic acids is 1. The third-order valence-corrected chi connectivity index (χ3v) is 3.72. The van der Waals surface area contributed by atoms with Gasteiger partial charge in [-0.3, -0.25) is 0 Å². The minimum atomic E-state index is -0.356. The number of fused-ring (bicyclic) bond motifs is 4. The minimum Gasteiger partial charge on any atom is -0.465 e. The van der Waals surface area contributed by atoms with Crippen LogP contribution in [0.3, 0.4) is 0 Å². The molecule has 0 fully saturated rings. The Labute approximate surface area is 120 Å². The number of benzene rings is 2. The number of nitrogens with one attached hydrogen (secondary N) is 1. The van der Waals surface area contributed by atoms with E-state index in [9.17, 15) is 4.79 Å². The second-order valence-corrected chi connectivity index (χ2v) is 4.89. The monoisotopic (exact) mass is 276 g/mol. The lowest BCUT2D eigenvalue weighted by Gasteiger charge is -2.06. The molecular formula is C17H12N2O2. The highest BCUT2D eigenvalue weighted by Gasteiger charge is 2.19. The first-order chi connectivity index (χ1) is 10.3. The Bertz CT molecular complexity index is 1000. The van der Waals surface area contributed by atoms with Gasteiger partial charge in [-0.05, 0) is 12.1 Å². The number of nitrogens with zero attached hydrogens (tertiary/aromatic N) is 1. The van der Waals surface area contributed by atoms with Crippen LogP contribution in [0.5, 0.6) is 0 Å². The normalized spacial score (nSPS) is 11.3. The van der Waals surface area contributed by atoms with Gasteiger partial charge in [0, 0.05) is 16.3 Å². The third kappa shape index (κ3) is 1.62. The number of esters is 1. The molecule has 0 saturated heterocycles. The summed E-state index contributed by atoms with van der Waals surface area (Å²) in [6.07, 6.45) is 0. The number of H-pyrrole nitrogens is 1. The lowest BCUT2D eigenvalue weighted by Crippen LogP contribution is -2.04. The van der Waals surface area contributed by atoms with Gasteiger partial charge in [-0.25, -0.2) is 9.78 Å². The fourth-order valence-electron chi connectivity index (χ4n) is 2.78. The molecule has 2 heterocycles. The Morgan fingerprint density at radius 2 is 1.76 bits per heavy atom. The molecule has 0 atom stereocenters. The lowest BCUT2D eigenvalue weighted by atomic mass is 10.1. The first-order valence-electron chi connectivity index (χ1n) is 6.67. The number of para-hydroxylation sites is 2. The van der Waals surface area contributed by atoms with Crippen molar-refractivity contribution < 1.29 is 9.53 Å². The van der Waals surface area contributed by atoms with Crippen molar-refractivity contribution >= 4 is 38.8 Å². The Morgan fingerprint density at radius 1 is 1.05 bits per heavy atom. The number of ether oxygens (including phenoxy) is 1. The molecule has 4 aromatic rings. The average Bonchev–Trinajstić information content (AvgIpc) is 2.90. The van der Waals surface area contributed by atoms with Crippen LogP contribution < -0.4 is 0 Å². The van der Waals surface area contributed by atoms with Crippen molar-refractivity contribution in [3.63, 3.8) is 0 Å². The highest BCUT2D eigenvalue weighted by Crippen LogP contribution is 2.31. The zero-order valence-corrected chi connectivity index (χ0v) is 11.4. The maximum Gasteiger partial charge on any atom is 0.340 e. The fraction of sp³-hybridized carbons (Fsp3) is 0.0588. The number of aromatic amines is 1. The second kappa shape index (κ2) is 4.31. The molecule has 0 unspecified atom stereocenters. The molecule has 4 nitrogen and oxygen atoms in total. The van der Waals surface area contributed by atoms with E-state index in [1.54, 1.807) is 0 Å². The Kier molecular flexibility index (Phi) is 2.44. The molecule has 4 heteroatoms. The zero-order valence-electron chi connectivity index (χ0n) is 11.4. The van der Waals surface area contributed by atoms with Gasteiger partial charge in [0.15, 0.2) is 0 Å². The van der Waals surface area contributed by atoms with Crippen LogP contribution in [-0.4, -0.2) is 23.0 Å². The summed E-state index contributed by atoms with van der Waals surface area (Å²) in [6.45, 7) is 0. The maximum absolute atomic E-state index is 12.2. The van der Waals surface area contributed by atoms with Crippen LogP contribution in [0.2, 0.25) is 0 Å². The van der Waals surface area contributed by atoms with Gasteiger partial charge in [-0.1, -0.05) is 36.4 Å². The van der Waals surface area contributed by atoms with Gasteiger partial charge >= 0.3 is 5.97 Å². The molecular weight excluding hydrogens is 264 g/mol. The summed E-state index contributed by atoms with van der Waals surface area (Å²) >= 11 is 0. The SMILES string of the molecule is COC(=O)c1c2ccccc2nc2c1[nH]c1ccccc12. The average molecular weight is 276 g/mol. The molecule has 0 amide bonds. The van der Waals surface area contributed by atoms with Crippen LogP contribution in [0.1, 0.15) is 10.4 Å². The van der Waals surface area contributed by atoms with E-state index in [0.717, 1.165) is 32.8 Å². The van der Waals surface area contributed by atoms with Crippen LogP contribution >= 0.6 is 0 Å². The first-order valence-corrected chi connectivity index (χ1v) is 6.67. The summed E-state index contributed by atoms with van der Waals surface area (Å²) in [5.41, 5.74) is 3.80. The summed E-state index contributed by atoms with van der Waals surface area (Å²) in [5, 5.41) is 1.80. The van der Waals surface area contributed by atoms with Crippen molar-refractivity contribution in [1.29, 1.82) is 0 Å². The van der Waals surface area contributed by atoms with E-state index in [1.165, 1.54) is 7.11 Å². The third-order valence-electron chi connectivity index (χ3n) is 3.72. The molecule has 0 bridgehead atoms. The van der Waals surface area contributed by atoms with Gasteiger partial charge < -0.3 is 9.72 Å². The van der Waals surface area contributed by atoms with E-state index in [4.69, 9.17) is 9.72 Å². The van der Waals surface area contributed by atoms with Crippen LogP contribution in [0, 0.1) is 0 Å². The van der Waals surface area contributed by atoms with E-state index in [2.05, 4.69) is 4.98 Å². The van der Waals surface area contributed by atoms with Crippen molar-refractivity contribution in [2.75, 3.05) is 7.11 Å². The van der Waals surface area contributed by atoms with Gasteiger partial charge in [-0.15, -0.1) is 0 Å². The summed E-state index contributed by atoms with van der Waals surface area (Å²) in [5.74, 6) is -0.356. The molecule has 0 spiro atoms. The molecule has 0 radical (unpaired) electrons. The fourth-order valence-corrected chi connectivity index (χ4v) is 2.78. The molecule has 4 rings (SSSR count). The molecule has 102 valence electrons. The van der Waals surface area contributed by atoms with Crippen molar-refractivity contribution in [2.24, 2.45) is 0 Å². The predicted molar refractivity (Wildman–Crippen MR) is 82.4 cm³/mol. The molecule has 21 heavy (non-hydrogen) atoms. The van der Waals surface area contributed by atoms with Crippen molar-refractivity contribution in [3.8, 4) is 0 Å². The van der Waals surface area contributed by atoms with Gasteiger partial charge in [0.1, 0.15) is 0 Å². The van der Waals surface area contributed by atoms with E-state index in [1.807, 2.05) is 48.5 Å². The zero-order chi connectivity index (χ0) is 14.4. The van der Waals surface area contributed by atoms with Gasteiger partial charge in [0.2, 0.25) is 0 Å². The van der Waals surface area contributed by atoms with Gasteiger partial charge in [0.05, 0.1) is 29.2 Å². The van der Waals surface area contributed by atoms with Crippen LogP contribution in [0.4, 0.5) is 0 Å². The number of hydrogen-bond acceptors (Lipinski definition) is 3. The van der Waals surface area contributed by atoms with E-state index < -0.39 is 0 Å². The molecule has 2 aromatic carbocycles. The minimum absolute atomic E-state index is 0.356. The van der Waals surface area contributed by atoms with E-state index in [-0.39, 0.29) is 5.97 Å². The summed E-state index contributed by atoms with van der Waals surface area (Å²) in [4.78, 5) is 20.2. The van der Waals surface area contributed by atoms with Crippen LogP contribution in [0.25, 0.3) is 32.8 Å². The summed E-state index contributed by atoms with van der Waals surface area (Å²) in [7, 11) is 1.39. The highest BCUT2D eigenvalue weighted by molar-refractivity contribution is 6.19. The number of hydrogen-bond donors (Lipinski definition) is 1. The molecule has 0 aliphatic heterocycles. The van der Waals surface area contributed by atoms with Crippen LogP contribution in [0.15, 0.2) is 48.5 Å². The molecule has 0 aliphatic carbocycles. The van der Waals surface area contributed by atoms with E-state index in [0.29, 0.717) is 5.56 Å². The summed E-state index contributed by atoms with van der Waals surface area (Å²) < 4.78 is 4.96. The number of methoxy groups -OCH3 is 1. The lowest BCUT2D eigenvalue weighted by molar-refractivity contribution is 0.0605. The molecule has 0 saturated carbocycles. The Balaban J connectivity index is 2.29.